The number of hydrogen-bond acceptors (Lipinski definition) is 3. The molecule has 27 heavy (non-hydrogen) atoms. The van der Waals surface area contributed by atoms with Gasteiger partial charge in [0.1, 0.15) is 0 Å². The van der Waals surface area contributed by atoms with Gasteiger partial charge in [0.2, 0.25) is 0 Å². The van der Waals surface area contributed by atoms with Crippen LogP contribution in [0.2, 0.25) is 18.1 Å². The summed E-state index contributed by atoms with van der Waals surface area (Å²) in [7, 11) is -1.80. The molecule has 2 heterocycles. The molecule has 0 aliphatic carbocycles. The smallest absolute Gasteiger partial charge is 0.192 e. The summed E-state index contributed by atoms with van der Waals surface area (Å²) in [5.74, 6) is 0.680. The zero-order valence-electron chi connectivity index (χ0n) is 17.7. The minimum Gasteiger partial charge on any atom is -0.414 e. The first-order chi connectivity index (χ1) is 12.7. The van der Waals surface area contributed by atoms with E-state index in [-0.39, 0.29) is 16.7 Å². The van der Waals surface area contributed by atoms with Crippen LogP contribution >= 0.6 is 0 Å². The molecular weight excluding hydrogens is 352 g/mol. The SMILES string of the molecule is C=C[C@H]1[C@@H](COCc2ccccc2)[C@@H]2CC[C@@]1(CO[Si](C)(C)C(C)(C)C)O2. The predicted octanol–water partition coefficient (Wildman–Crippen LogP) is 5.57. The van der Waals surface area contributed by atoms with Crippen LogP contribution in [0.4, 0.5) is 0 Å². The zero-order valence-corrected chi connectivity index (χ0v) is 18.7. The van der Waals surface area contributed by atoms with Crippen molar-refractivity contribution in [2.45, 2.75) is 70.1 Å². The molecular formula is C23H36O3Si. The van der Waals surface area contributed by atoms with Gasteiger partial charge < -0.3 is 13.9 Å². The molecule has 2 bridgehead atoms. The largest absolute Gasteiger partial charge is 0.414 e. The molecule has 3 rings (SSSR count). The molecule has 2 saturated heterocycles. The van der Waals surface area contributed by atoms with Gasteiger partial charge in [0, 0.05) is 11.8 Å². The van der Waals surface area contributed by atoms with Gasteiger partial charge in [-0.2, -0.15) is 0 Å². The maximum atomic E-state index is 6.58. The van der Waals surface area contributed by atoms with Gasteiger partial charge in [-0.3, -0.25) is 0 Å². The normalized spacial score (nSPS) is 30.6. The lowest BCUT2D eigenvalue weighted by Crippen LogP contribution is -2.48. The van der Waals surface area contributed by atoms with Crippen LogP contribution in [0.3, 0.4) is 0 Å². The van der Waals surface area contributed by atoms with Crippen LogP contribution in [0.15, 0.2) is 43.0 Å². The second-order valence-corrected chi connectivity index (χ2v) is 14.5. The van der Waals surface area contributed by atoms with Crippen molar-refractivity contribution in [3.05, 3.63) is 48.6 Å². The zero-order chi connectivity index (χ0) is 19.7. The van der Waals surface area contributed by atoms with Gasteiger partial charge in [-0.05, 0) is 36.5 Å². The Kier molecular flexibility index (Phi) is 6.02. The third kappa shape index (κ3) is 4.24. The van der Waals surface area contributed by atoms with Gasteiger partial charge in [0.05, 0.1) is 31.5 Å². The van der Waals surface area contributed by atoms with E-state index in [4.69, 9.17) is 13.9 Å². The van der Waals surface area contributed by atoms with E-state index in [2.05, 4.69) is 70.8 Å². The Morgan fingerprint density at radius 3 is 2.59 bits per heavy atom. The lowest BCUT2D eigenvalue weighted by atomic mass is 9.72. The van der Waals surface area contributed by atoms with Crippen LogP contribution in [0.5, 0.6) is 0 Å². The number of hydrogen-bond donors (Lipinski definition) is 0. The molecule has 4 atom stereocenters. The van der Waals surface area contributed by atoms with Crippen LogP contribution < -0.4 is 0 Å². The lowest BCUT2D eigenvalue weighted by molar-refractivity contribution is -0.0371. The molecule has 2 aliphatic heterocycles. The average molecular weight is 389 g/mol. The molecule has 4 heteroatoms. The van der Waals surface area contributed by atoms with Gasteiger partial charge in [-0.25, -0.2) is 0 Å². The van der Waals surface area contributed by atoms with E-state index in [9.17, 15) is 0 Å². The van der Waals surface area contributed by atoms with E-state index < -0.39 is 8.32 Å². The summed E-state index contributed by atoms with van der Waals surface area (Å²) in [6.45, 7) is 17.7. The van der Waals surface area contributed by atoms with Gasteiger partial charge in [-0.15, -0.1) is 6.58 Å². The number of rotatable bonds is 8. The molecule has 0 aromatic heterocycles. The van der Waals surface area contributed by atoms with Crippen molar-refractivity contribution in [1.82, 2.24) is 0 Å². The van der Waals surface area contributed by atoms with Crippen molar-refractivity contribution in [3.8, 4) is 0 Å². The Balaban J connectivity index is 1.61. The lowest BCUT2D eigenvalue weighted by Gasteiger charge is -2.41. The minimum absolute atomic E-state index is 0.206. The molecule has 0 unspecified atom stereocenters. The third-order valence-corrected chi connectivity index (χ3v) is 11.4. The van der Waals surface area contributed by atoms with Crippen LogP contribution in [0.25, 0.3) is 0 Å². The predicted molar refractivity (Wildman–Crippen MR) is 113 cm³/mol. The molecule has 0 amide bonds. The molecule has 0 radical (unpaired) electrons. The highest BCUT2D eigenvalue weighted by Crippen LogP contribution is 2.52. The van der Waals surface area contributed by atoms with E-state index in [0.717, 1.165) is 19.4 Å². The number of ether oxygens (including phenoxy) is 2. The summed E-state index contributed by atoms with van der Waals surface area (Å²) in [5.41, 5.74) is 1.01. The molecule has 150 valence electrons. The van der Waals surface area contributed by atoms with E-state index >= 15 is 0 Å². The van der Waals surface area contributed by atoms with E-state index in [1.54, 1.807) is 0 Å². The average Bonchev–Trinajstić information content (AvgIpc) is 3.17. The molecule has 0 N–H and O–H groups in total. The van der Waals surface area contributed by atoms with Gasteiger partial charge >= 0.3 is 0 Å². The highest BCUT2D eigenvalue weighted by Gasteiger charge is 2.58. The van der Waals surface area contributed by atoms with Gasteiger partial charge in [0.15, 0.2) is 8.32 Å². The number of fused-ring (bicyclic) bond motifs is 2. The second-order valence-electron chi connectivity index (χ2n) is 9.73. The summed E-state index contributed by atoms with van der Waals surface area (Å²) < 4.78 is 19.2. The minimum atomic E-state index is -1.80. The third-order valence-electron chi connectivity index (χ3n) is 6.94. The first-order valence-corrected chi connectivity index (χ1v) is 13.2. The maximum absolute atomic E-state index is 6.58. The van der Waals surface area contributed by atoms with E-state index in [0.29, 0.717) is 25.0 Å². The summed E-state index contributed by atoms with van der Waals surface area (Å²) in [6, 6.07) is 10.4. The molecule has 0 spiro atoms. The molecule has 1 aromatic rings. The molecule has 3 nitrogen and oxygen atoms in total. The fourth-order valence-corrected chi connectivity index (χ4v) is 5.22. The van der Waals surface area contributed by atoms with E-state index in [1.807, 2.05) is 6.07 Å². The molecule has 1 aromatic carbocycles. The molecule has 2 aliphatic rings. The van der Waals surface area contributed by atoms with Crippen molar-refractivity contribution < 1.29 is 13.9 Å². The van der Waals surface area contributed by atoms with Gasteiger partial charge in [0.25, 0.3) is 0 Å². The van der Waals surface area contributed by atoms with Crippen LogP contribution in [0, 0.1) is 11.8 Å². The Labute approximate surface area is 166 Å². The second kappa shape index (κ2) is 7.82. The fraction of sp³-hybridized carbons (Fsp3) is 0.652. The van der Waals surface area contributed by atoms with Crippen molar-refractivity contribution in [2.24, 2.45) is 11.8 Å². The Morgan fingerprint density at radius 2 is 1.96 bits per heavy atom. The Hall–Kier alpha value is -0.943. The van der Waals surface area contributed by atoms with Crippen LogP contribution in [-0.4, -0.2) is 33.2 Å². The highest BCUT2D eigenvalue weighted by molar-refractivity contribution is 6.74. The van der Waals surface area contributed by atoms with Crippen molar-refractivity contribution in [1.29, 1.82) is 0 Å². The fourth-order valence-electron chi connectivity index (χ4n) is 4.18. The standard InChI is InChI=1S/C23H36O3Si/c1-7-20-19(16-24-15-18-11-9-8-10-12-18)21-13-14-23(20,26-21)17-25-27(5,6)22(2,3)4/h7-12,19-21H,1,13-17H2,2-6H3/t19-,20+,21+,23+/m1/s1. The highest BCUT2D eigenvalue weighted by atomic mass is 28.4. The topological polar surface area (TPSA) is 27.7 Å². The van der Waals surface area contributed by atoms with E-state index in [1.165, 1.54) is 5.56 Å². The van der Waals surface area contributed by atoms with Gasteiger partial charge in [-0.1, -0.05) is 57.2 Å². The maximum Gasteiger partial charge on any atom is 0.192 e. The Bertz CT molecular complexity index is 637. The first kappa shape index (κ1) is 20.8. The summed E-state index contributed by atoms with van der Waals surface area (Å²) in [4.78, 5) is 0. The Morgan fingerprint density at radius 1 is 1.26 bits per heavy atom. The van der Waals surface area contributed by atoms with Crippen LogP contribution in [0.1, 0.15) is 39.2 Å². The van der Waals surface area contributed by atoms with Crippen molar-refractivity contribution in [3.63, 3.8) is 0 Å². The monoisotopic (exact) mass is 388 g/mol. The van der Waals surface area contributed by atoms with Crippen molar-refractivity contribution >= 4 is 8.32 Å². The van der Waals surface area contributed by atoms with Crippen LogP contribution in [-0.2, 0) is 20.5 Å². The first-order valence-electron chi connectivity index (χ1n) is 10.2. The molecule has 0 saturated carbocycles. The van der Waals surface area contributed by atoms with Crippen molar-refractivity contribution in [2.75, 3.05) is 13.2 Å². The number of benzene rings is 1. The summed E-state index contributed by atoms with van der Waals surface area (Å²) in [6.07, 6.45) is 4.53. The summed E-state index contributed by atoms with van der Waals surface area (Å²) in [5, 5.41) is 0.210. The quantitative estimate of drug-likeness (QED) is 0.430. The molecule has 2 fully saturated rings. The summed E-state index contributed by atoms with van der Waals surface area (Å²) >= 11 is 0.